The van der Waals surface area contributed by atoms with Gasteiger partial charge in [-0.25, -0.2) is 0 Å². The highest BCUT2D eigenvalue weighted by Gasteiger charge is 2.07. The van der Waals surface area contributed by atoms with Gasteiger partial charge < -0.3 is 10.4 Å². The lowest BCUT2D eigenvalue weighted by molar-refractivity contribution is -0.115. The van der Waals surface area contributed by atoms with Gasteiger partial charge in [-0.1, -0.05) is 35.3 Å². The van der Waals surface area contributed by atoms with Crippen LogP contribution in [0.4, 0.5) is 5.69 Å². The number of rotatable bonds is 3. The van der Waals surface area contributed by atoms with E-state index in [0.717, 1.165) is 5.56 Å². The second kappa shape index (κ2) is 5.95. The van der Waals surface area contributed by atoms with Crippen LogP contribution in [0.1, 0.15) is 5.56 Å². The molecule has 3 nitrogen and oxygen atoms in total. The number of carbonyl (C=O) groups is 1. The Labute approximate surface area is 120 Å². The van der Waals surface area contributed by atoms with Crippen molar-refractivity contribution < 1.29 is 9.90 Å². The van der Waals surface area contributed by atoms with Crippen molar-refractivity contribution in [3.8, 4) is 5.75 Å². The lowest BCUT2D eigenvalue weighted by atomic mass is 10.1. The first kappa shape index (κ1) is 13.7. The summed E-state index contributed by atoms with van der Waals surface area (Å²) in [4.78, 5) is 11.9. The minimum atomic E-state index is -0.199. The fourth-order valence-corrected chi connectivity index (χ4v) is 2.07. The molecule has 0 heterocycles. The van der Waals surface area contributed by atoms with Crippen molar-refractivity contribution in [2.45, 2.75) is 6.42 Å². The number of halogens is 2. The number of hydrogen-bond acceptors (Lipinski definition) is 2. The van der Waals surface area contributed by atoms with Gasteiger partial charge in [-0.2, -0.15) is 0 Å². The molecular weight excluding hydrogens is 285 g/mol. The Morgan fingerprint density at radius 2 is 1.95 bits per heavy atom. The zero-order valence-electron chi connectivity index (χ0n) is 9.86. The van der Waals surface area contributed by atoms with Crippen LogP contribution in [0.3, 0.4) is 0 Å². The van der Waals surface area contributed by atoms with Crippen LogP contribution >= 0.6 is 23.2 Å². The fourth-order valence-electron chi connectivity index (χ4n) is 1.63. The third kappa shape index (κ3) is 3.88. The number of benzene rings is 2. The molecule has 2 rings (SSSR count). The van der Waals surface area contributed by atoms with E-state index in [0.29, 0.717) is 15.7 Å². The standard InChI is InChI=1S/C14H11Cl2NO2/c15-10-3-1-2-9(6-10)7-14(19)17-13-5-4-11(18)8-12(13)16/h1-6,8,18H,7H2,(H,17,19). The highest BCUT2D eigenvalue weighted by Crippen LogP contribution is 2.26. The van der Waals surface area contributed by atoms with Crippen LogP contribution in [0.25, 0.3) is 0 Å². The third-order valence-corrected chi connectivity index (χ3v) is 3.03. The Kier molecular flexibility index (Phi) is 4.30. The number of amides is 1. The number of anilines is 1. The highest BCUT2D eigenvalue weighted by molar-refractivity contribution is 6.33. The first-order valence-corrected chi connectivity index (χ1v) is 6.33. The summed E-state index contributed by atoms with van der Waals surface area (Å²) in [5.41, 5.74) is 1.28. The average Bonchev–Trinajstić information content (AvgIpc) is 2.33. The summed E-state index contributed by atoms with van der Waals surface area (Å²) in [7, 11) is 0. The van der Waals surface area contributed by atoms with Gasteiger partial charge in [-0.15, -0.1) is 0 Å². The van der Waals surface area contributed by atoms with Gasteiger partial charge >= 0.3 is 0 Å². The van der Waals surface area contributed by atoms with Gasteiger partial charge in [0.05, 0.1) is 17.1 Å². The van der Waals surface area contributed by atoms with Gasteiger partial charge in [0.25, 0.3) is 0 Å². The summed E-state index contributed by atoms with van der Waals surface area (Å²) in [5.74, 6) is -0.146. The van der Waals surface area contributed by atoms with E-state index in [1.165, 1.54) is 12.1 Å². The number of nitrogens with one attached hydrogen (secondary N) is 1. The van der Waals surface area contributed by atoms with Crippen molar-refractivity contribution in [3.63, 3.8) is 0 Å². The quantitative estimate of drug-likeness (QED) is 0.844. The average molecular weight is 296 g/mol. The van der Waals surface area contributed by atoms with Gasteiger partial charge in [0.1, 0.15) is 5.75 Å². The molecule has 0 aliphatic heterocycles. The predicted octanol–water partition coefficient (Wildman–Crippen LogP) is 3.88. The molecule has 0 saturated heterocycles. The number of hydrogen-bond donors (Lipinski definition) is 2. The smallest absolute Gasteiger partial charge is 0.228 e. The Hall–Kier alpha value is -1.71. The second-order valence-electron chi connectivity index (χ2n) is 4.02. The van der Waals surface area contributed by atoms with E-state index in [4.69, 9.17) is 23.2 Å². The SMILES string of the molecule is O=C(Cc1cccc(Cl)c1)Nc1ccc(O)cc1Cl. The summed E-state index contributed by atoms with van der Waals surface area (Å²) in [6, 6.07) is 11.5. The first-order valence-electron chi connectivity index (χ1n) is 5.57. The van der Waals surface area contributed by atoms with E-state index in [-0.39, 0.29) is 18.1 Å². The summed E-state index contributed by atoms with van der Waals surface area (Å²) in [5, 5.41) is 12.8. The van der Waals surface area contributed by atoms with Gasteiger partial charge in [-0.05, 0) is 29.8 Å². The van der Waals surface area contributed by atoms with Crippen molar-refractivity contribution in [2.24, 2.45) is 0 Å². The van der Waals surface area contributed by atoms with Crippen LogP contribution in [0, 0.1) is 0 Å². The van der Waals surface area contributed by atoms with Gasteiger partial charge in [-0.3, -0.25) is 4.79 Å². The molecule has 0 aliphatic rings. The minimum Gasteiger partial charge on any atom is -0.508 e. The molecular formula is C14H11Cl2NO2. The largest absolute Gasteiger partial charge is 0.508 e. The zero-order chi connectivity index (χ0) is 13.8. The number of aromatic hydroxyl groups is 1. The molecule has 2 aromatic carbocycles. The van der Waals surface area contributed by atoms with Crippen LogP contribution in [-0.2, 0) is 11.2 Å². The van der Waals surface area contributed by atoms with E-state index in [2.05, 4.69) is 5.32 Å². The molecule has 0 fully saturated rings. The molecule has 0 radical (unpaired) electrons. The number of phenolic OH excluding ortho intramolecular Hbond substituents is 1. The van der Waals surface area contributed by atoms with Crippen molar-refractivity contribution in [3.05, 3.63) is 58.1 Å². The topological polar surface area (TPSA) is 49.3 Å². The molecule has 0 aromatic heterocycles. The molecule has 2 N–H and O–H groups in total. The summed E-state index contributed by atoms with van der Waals surface area (Å²) in [6.07, 6.45) is 0.206. The Morgan fingerprint density at radius 3 is 2.63 bits per heavy atom. The maximum atomic E-state index is 11.9. The molecule has 0 spiro atoms. The Morgan fingerprint density at radius 1 is 1.16 bits per heavy atom. The van der Waals surface area contributed by atoms with Crippen LogP contribution in [0.2, 0.25) is 10.0 Å². The van der Waals surface area contributed by atoms with Crippen molar-refractivity contribution >= 4 is 34.8 Å². The van der Waals surface area contributed by atoms with E-state index < -0.39 is 0 Å². The predicted molar refractivity (Wildman–Crippen MR) is 76.9 cm³/mol. The molecule has 19 heavy (non-hydrogen) atoms. The second-order valence-corrected chi connectivity index (χ2v) is 4.86. The molecule has 0 bridgehead atoms. The van der Waals surface area contributed by atoms with E-state index in [1.54, 1.807) is 24.3 Å². The van der Waals surface area contributed by atoms with Crippen LogP contribution in [-0.4, -0.2) is 11.0 Å². The first-order chi connectivity index (χ1) is 9.04. The van der Waals surface area contributed by atoms with Gasteiger partial charge in [0, 0.05) is 11.1 Å². The third-order valence-electron chi connectivity index (χ3n) is 2.48. The normalized spacial score (nSPS) is 10.2. The Balaban J connectivity index is 2.05. The molecule has 0 unspecified atom stereocenters. The monoisotopic (exact) mass is 295 g/mol. The number of carbonyl (C=O) groups excluding carboxylic acids is 1. The summed E-state index contributed by atoms with van der Waals surface area (Å²) < 4.78 is 0. The molecule has 2 aromatic rings. The summed E-state index contributed by atoms with van der Waals surface area (Å²) in [6.45, 7) is 0. The fraction of sp³-hybridized carbons (Fsp3) is 0.0714. The molecule has 0 atom stereocenters. The van der Waals surface area contributed by atoms with Crippen LogP contribution in [0.15, 0.2) is 42.5 Å². The molecule has 98 valence electrons. The zero-order valence-corrected chi connectivity index (χ0v) is 11.4. The summed E-state index contributed by atoms with van der Waals surface area (Å²) >= 11 is 11.8. The van der Waals surface area contributed by atoms with E-state index in [9.17, 15) is 9.90 Å². The molecule has 5 heteroatoms. The van der Waals surface area contributed by atoms with Gasteiger partial charge in [0.15, 0.2) is 0 Å². The van der Waals surface area contributed by atoms with Crippen molar-refractivity contribution in [1.29, 1.82) is 0 Å². The van der Waals surface area contributed by atoms with E-state index >= 15 is 0 Å². The van der Waals surface area contributed by atoms with Crippen LogP contribution < -0.4 is 5.32 Å². The number of phenols is 1. The highest BCUT2D eigenvalue weighted by atomic mass is 35.5. The lowest BCUT2D eigenvalue weighted by Gasteiger charge is -2.07. The van der Waals surface area contributed by atoms with Crippen LogP contribution in [0.5, 0.6) is 5.75 Å². The van der Waals surface area contributed by atoms with E-state index in [1.807, 2.05) is 6.07 Å². The van der Waals surface area contributed by atoms with Crippen molar-refractivity contribution in [1.82, 2.24) is 0 Å². The molecule has 0 saturated carbocycles. The lowest BCUT2D eigenvalue weighted by Crippen LogP contribution is -2.14. The molecule has 1 amide bonds. The molecule has 0 aliphatic carbocycles. The minimum absolute atomic E-state index is 0.0536. The Bertz CT molecular complexity index is 614. The van der Waals surface area contributed by atoms with Crippen molar-refractivity contribution in [2.75, 3.05) is 5.32 Å². The van der Waals surface area contributed by atoms with Gasteiger partial charge in [0.2, 0.25) is 5.91 Å². The maximum Gasteiger partial charge on any atom is 0.228 e. The maximum absolute atomic E-state index is 11.9.